The van der Waals surface area contributed by atoms with E-state index in [4.69, 9.17) is 24.7 Å². The summed E-state index contributed by atoms with van der Waals surface area (Å²) in [5.41, 5.74) is 8.04. The molecule has 1 heterocycles. The zero-order valence-corrected chi connectivity index (χ0v) is 17.5. The van der Waals surface area contributed by atoms with E-state index in [2.05, 4.69) is 30.2 Å². The smallest absolute Gasteiger partial charge is 0.188 e. The maximum Gasteiger partial charge on any atom is 0.188 e. The molecule has 2 aromatic carbocycles. The Balaban J connectivity index is 1.61. The van der Waals surface area contributed by atoms with Crippen LogP contribution in [-0.4, -0.2) is 39.9 Å². The molecule has 1 aliphatic rings. The molecule has 3 rings (SSSR count). The average Bonchev–Trinajstić information content (AvgIpc) is 2.75. The molecule has 3 N–H and O–H groups in total. The van der Waals surface area contributed by atoms with Gasteiger partial charge in [0.05, 0.1) is 20.8 Å². The first-order valence-electron chi connectivity index (χ1n) is 9.58. The number of methoxy groups -OCH3 is 2. The number of benzene rings is 2. The van der Waals surface area contributed by atoms with Gasteiger partial charge in [0.25, 0.3) is 0 Å². The Bertz CT molecular complexity index is 880. The third-order valence-electron chi connectivity index (χ3n) is 4.92. The summed E-state index contributed by atoms with van der Waals surface area (Å²) in [5, 5.41) is 3.22. The van der Waals surface area contributed by atoms with Gasteiger partial charge in [0.1, 0.15) is 13.2 Å². The average molecular weight is 399 g/mol. The van der Waals surface area contributed by atoms with Crippen molar-refractivity contribution in [3.8, 4) is 23.0 Å². The molecular weight excluding hydrogens is 370 g/mol. The first kappa shape index (κ1) is 20.6. The summed E-state index contributed by atoms with van der Waals surface area (Å²) in [6, 6.07) is 11.8. The van der Waals surface area contributed by atoms with Crippen LogP contribution in [0.15, 0.2) is 41.4 Å². The lowest BCUT2D eigenvalue weighted by Gasteiger charge is -2.28. The number of fused-ring (bicyclic) bond motifs is 1. The van der Waals surface area contributed by atoms with Crippen molar-refractivity contribution in [1.82, 2.24) is 5.32 Å². The van der Waals surface area contributed by atoms with Gasteiger partial charge in [-0.05, 0) is 35.4 Å². The van der Waals surface area contributed by atoms with Crippen molar-refractivity contribution >= 4 is 5.96 Å². The second-order valence-electron chi connectivity index (χ2n) is 7.49. The predicted octanol–water partition coefficient (Wildman–Crippen LogP) is 2.86. The van der Waals surface area contributed by atoms with Crippen molar-refractivity contribution in [2.24, 2.45) is 10.7 Å². The van der Waals surface area contributed by atoms with Crippen LogP contribution in [-0.2, 0) is 12.0 Å². The number of aliphatic imine (C=N–C) groups is 1. The topological polar surface area (TPSA) is 87.3 Å². The Morgan fingerprint density at radius 3 is 2.48 bits per heavy atom. The Kier molecular flexibility index (Phi) is 6.36. The highest BCUT2D eigenvalue weighted by atomic mass is 16.6. The molecule has 0 spiro atoms. The van der Waals surface area contributed by atoms with Crippen molar-refractivity contribution in [2.75, 3.05) is 34.0 Å². The second-order valence-corrected chi connectivity index (χ2v) is 7.49. The minimum atomic E-state index is -0.167. The van der Waals surface area contributed by atoms with Gasteiger partial charge in [-0.25, -0.2) is 4.99 Å². The van der Waals surface area contributed by atoms with Crippen LogP contribution in [0.2, 0.25) is 0 Å². The molecule has 0 aromatic heterocycles. The van der Waals surface area contributed by atoms with Crippen molar-refractivity contribution in [3.63, 3.8) is 0 Å². The lowest BCUT2D eigenvalue weighted by atomic mass is 9.84. The molecule has 2 aromatic rings. The Hall–Kier alpha value is -3.09. The first-order chi connectivity index (χ1) is 13.9. The number of nitrogens with zero attached hydrogens (tertiary/aromatic N) is 1. The van der Waals surface area contributed by atoms with E-state index >= 15 is 0 Å². The Morgan fingerprint density at radius 1 is 1.03 bits per heavy atom. The summed E-state index contributed by atoms with van der Waals surface area (Å²) in [6.45, 7) is 6.53. The second kappa shape index (κ2) is 8.94. The van der Waals surface area contributed by atoms with Gasteiger partial charge in [0, 0.05) is 12.0 Å². The predicted molar refractivity (Wildman–Crippen MR) is 113 cm³/mol. The summed E-state index contributed by atoms with van der Waals surface area (Å²) in [5.74, 6) is 3.33. The van der Waals surface area contributed by atoms with E-state index in [0.717, 1.165) is 22.6 Å². The van der Waals surface area contributed by atoms with Crippen LogP contribution in [0.4, 0.5) is 0 Å². The van der Waals surface area contributed by atoms with Gasteiger partial charge >= 0.3 is 0 Å². The van der Waals surface area contributed by atoms with Gasteiger partial charge in [-0.15, -0.1) is 0 Å². The summed E-state index contributed by atoms with van der Waals surface area (Å²) in [7, 11) is 3.22. The van der Waals surface area contributed by atoms with Crippen molar-refractivity contribution < 1.29 is 18.9 Å². The van der Waals surface area contributed by atoms with E-state index in [1.807, 2.05) is 30.3 Å². The molecule has 7 heteroatoms. The van der Waals surface area contributed by atoms with E-state index in [0.29, 0.717) is 43.8 Å². The van der Waals surface area contributed by atoms with Crippen LogP contribution < -0.4 is 30.0 Å². The van der Waals surface area contributed by atoms with Gasteiger partial charge in [-0.3, -0.25) is 0 Å². The van der Waals surface area contributed by atoms with Gasteiger partial charge in [0.2, 0.25) is 0 Å². The highest BCUT2D eigenvalue weighted by molar-refractivity contribution is 5.78. The summed E-state index contributed by atoms with van der Waals surface area (Å²) < 4.78 is 21.9. The minimum absolute atomic E-state index is 0.167. The van der Waals surface area contributed by atoms with E-state index in [-0.39, 0.29) is 5.41 Å². The third kappa shape index (κ3) is 5.04. The summed E-state index contributed by atoms with van der Waals surface area (Å²) in [6.07, 6.45) is 0. The van der Waals surface area contributed by atoms with Gasteiger partial charge in [-0.1, -0.05) is 26.0 Å². The maximum absolute atomic E-state index is 6.08. The number of hydrogen-bond donors (Lipinski definition) is 2. The molecule has 0 aliphatic carbocycles. The van der Waals surface area contributed by atoms with Crippen LogP contribution >= 0.6 is 0 Å². The van der Waals surface area contributed by atoms with E-state index in [1.165, 1.54) is 0 Å². The zero-order valence-electron chi connectivity index (χ0n) is 17.5. The molecular formula is C22H29N3O4. The van der Waals surface area contributed by atoms with Crippen LogP contribution in [0.3, 0.4) is 0 Å². The Labute approximate surface area is 171 Å². The fraction of sp³-hybridized carbons (Fsp3) is 0.409. The number of rotatable bonds is 7. The van der Waals surface area contributed by atoms with Gasteiger partial charge < -0.3 is 30.0 Å². The first-order valence-corrected chi connectivity index (χ1v) is 9.58. The lowest BCUT2D eigenvalue weighted by molar-refractivity contribution is 0.171. The molecule has 0 atom stereocenters. The molecule has 0 fully saturated rings. The van der Waals surface area contributed by atoms with Crippen molar-refractivity contribution in [1.29, 1.82) is 0 Å². The number of hydrogen-bond acceptors (Lipinski definition) is 5. The normalized spacial score (nSPS) is 13.7. The number of guanidine groups is 1. The molecule has 1 aliphatic heterocycles. The van der Waals surface area contributed by atoms with Crippen LogP contribution in [0.1, 0.15) is 25.0 Å². The standard InChI is InChI=1S/C22H29N3O4/c1-22(2,16-6-8-18-20(12-16)29-10-9-28-18)14-25-21(23)24-13-15-5-7-17(26-3)19(11-15)27-4/h5-8,11-12H,9-10,13-14H2,1-4H3,(H3,23,24,25). The zero-order chi connectivity index (χ0) is 20.9. The highest BCUT2D eigenvalue weighted by Gasteiger charge is 2.23. The minimum Gasteiger partial charge on any atom is -0.493 e. The third-order valence-corrected chi connectivity index (χ3v) is 4.92. The molecule has 29 heavy (non-hydrogen) atoms. The number of ether oxygens (including phenoxy) is 4. The fourth-order valence-corrected chi connectivity index (χ4v) is 3.09. The molecule has 0 saturated heterocycles. The molecule has 0 amide bonds. The highest BCUT2D eigenvalue weighted by Crippen LogP contribution is 2.35. The monoisotopic (exact) mass is 399 g/mol. The summed E-state index contributed by atoms with van der Waals surface area (Å²) >= 11 is 0. The van der Waals surface area contributed by atoms with Crippen LogP contribution in [0.25, 0.3) is 0 Å². The van der Waals surface area contributed by atoms with Crippen molar-refractivity contribution in [3.05, 3.63) is 47.5 Å². The summed E-state index contributed by atoms with van der Waals surface area (Å²) in [4.78, 5) is 4.43. The Morgan fingerprint density at radius 2 is 1.76 bits per heavy atom. The SMILES string of the molecule is COc1ccc(CN=C(N)NCC(C)(C)c2ccc3c(c2)OCCO3)cc1OC. The van der Waals surface area contributed by atoms with E-state index < -0.39 is 0 Å². The fourth-order valence-electron chi connectivity index (χ4n) is 3.09. The molecule has 156 valence electrons. The number of nitrogens with two attached hydrogens (primary N) is 1. The molecule has 0 saturated carbocycles. The molecule has 0 unspecified atom stereocenters. The van der Waals surface area contributed by atoms with E-state index in [1.54, 1.807) is 14.2 Å². The molecule has 0 radical (unpaired) electrons. The molecule has 7 nitrogen and oxygen atoms in total. The number of nitrogens with one attached hydrogen (secondary N) is 1. The quantitative estimate of drug-likeness (QED) is 0.550. The maximum atomic E-state index is 6.08. The molecule has 0 bridgehead atoms. The van der Waals surface area contributed by atoms with Crippen LogP contribution in [0.5, 0.6) is 23.0 Å². The van der Waals surface area contributed by atoms with Crippen molar-refractivity contribution in [2.45, 2.75) is 25.8 Å². The van der Waals surface area contributed by atoms with E-state index in [9.17, 15) is 0 Å². The lowest BCUT2D eigenvalue weighted by Crippen LogP contribution is -2.40. The largest absolute Gasteiger partial charge is 0.493 e. The van der Waals surface area contributed by atoms with Gasteiger partial charge in [-0.2, -0.15) is 0 Å². The van der Waals surface area contributed by atoms with Crippen LogP contribution in [0, 0.1) is 0 Å². The van der Waals surface area contributed by atoms with Gasteiger partial charge in [0.15, 0.2) is 29.0 Å².